The monoisotopic (exact) mass is 273 g/mol. The van der Waals surface area contributed by atoms with Gasteiger partial charge in [-0.05, 0) is 36.2 Å². The van der Waals surface area contributed by atoms with Gasteiger partial charge in [0.2, 0.25) is 0 Å². The lowest BCUT2D eigenvalue weighted by Crippen LogP contribution is -2.11. The molecule has 0 bridgehead atoms. The molecule has 0 saturated carbocycles. The Morgan fingerprint density at radius 1 is 1.21 bits per heavy atom. The molecule has 0 saturated heterocycles. The van der Waals surface area contributed by atoms with Crippen molar-refractivity contribution in [1.82, 2.24) is 4.98 Å². The van der Waals surface area contributed by atoms with Crippen molar-refractivity contribution in [2.75, 3.05) is 11.9 Å². The van der Waals surface area contributed by atoms with Crippen LogP contribution in [0, 0.1) is 0 Å². The van der Waals surface area contributed by atoms with Crippen LogP contribution >= 0.6 is 12.2 Å². The fraction of sp³-hybridized carbons (Fsp3) is 0.143. The van der Waals surface area contributed by atoms with Crippen molar-refractivity contribution in [1.29, 1.82) is 0 Å². The third-order valence-corrected chi connectivity index (χ3v) is 2.94. The number of hydrogen-bond acceptors (Lipinski definition) is 4. The second kappa shape index (κ2) is 6.15. The van der Waals surface area contributed by atoms with Crippen LogP contribution in [0.25, 0.3) is 0 Å². The van der Waals surface area contributed by atoms with Crippen LogP contribution in [0.4, 0.5) is 5.82 Å². The molecule has 0 amide bonds. The minimum Gasteiger partial charge on any atom is -0.508 e. The molecule has 2 aromatic rings. The first kappa shape index (κ1) is 13.3. The van der Waals surface area contributed by atoms with Gasteiger partial charge in [0, 0.05) is 18.3 Å². The second-order valence-electron chi connectivity index (χ2n) is 4.14. The van der Waals surface area contributed by atoms with Gasteiger partial charge in [-0.3, -0.25) is 0 Å². The molecule has 5 heteroatoms. The van der Waals surface area contributed by atoms with Gasteiger partial charge in [0.1, 0.15) is 16.6 Å². The van der Waals surface area contributed by atoms with Crippen LogP contribution < -0.4 is 11.1 Å². The van der Waals surface area contributed by atoms with Crippen LogP contribution in [0.3, 0.4) is 0 Å². The highest BCUT2D eigenvalue weighted by atomic mass is 32.1. The molecule has 0 atom stereocenters. The molecule has 0 aliphatic heterocycles. The highest BCUT2D eigenvalue weighted by Crippen LogP contribution is 2.10. The molecule has 19 heavy (non-hydrogen) atoms. The zero-order valence-corrected chi connectivity index (χ0v) is 11.2. The van der Waals surface area contributed by atoms with Gasteiger partial charge < -0.3 is 16.2 Å². The van der Waals surface area contributed by atoms with Crippen molar-refractivity contribution in [3.8, 4) is 5.75 Å². The highest BCUT2D eigenvalue weighted by Gasteiger charge is 1.98. The number of benzene rings is 1. The first-order valence-corrected chi connectivity index (χ1v) is 6.33. The molecule has 0 aliphatic rings. The topological polar surface area (TPSA) is 71.2 Å². The molecule has 0 aliphatic carbocycles. The molecule has 4 nitrogen and oxygen atoms in total. The number of hydrogen-bond donors (Lipinski definition) is 3. The van der Waals surface area contributed by atoms with Gasteiger partial charge in [0.25, 0.3) is 0 Å². The van der Waals surface area contributed by atoms with E-state index in [0.29, 0.717) is 4.99 Å². The van der Waals surface area contributed by atoms with Crippen LogP contribution in [0.1, 0.15) is 11.1 Å². The van der Waals surface area contributed by atoms with Gasteiger partial charge in [-0.2, -0.15) is 0 Å². The third kappa shape index (κ3) is 3.93. The van der Waals surface area contributed by atoms with E-state index in [2.05, 4.69) is 10.3 Å². The fourth-order valence-corrected chi connectivity index (χ4v) is 1.76. The van der Waals surface area contributed by atoms with E-state index in [4.69, 9.17) is 18.0 Å². The zero-order valence-electron chi connectivity index (χ0n) is 10.3. The van der Waals surface area contributed by atoms with Gasteiger partial charge in [-0.25, -0.2) is 4.98 Å². The van der Waals surface area contributed by atoms with E-state index in [1.807, 2.05) is 24.3 Å². The summed E-state index contributed by atoms with van der Waals surface area (Å²) < 4.78 is 0. The Kier molecular flexibility index (Phi) is 4.30. The predicted molar refractivity (Wildman–Crippen MR) is 80.4 cm³/mol. The maximum Gasteiger partial charge on any atom is 0.125 e. The summed E-state index contributed by atoms with van der Waals surface area (Å²) in [5.41, 5.74) is 7.42. The van der Waals surface area contributed by atoms with Gasteiger partial charge in [-0.15, -0.1) is 0 Å². The molecular weight excluding hydrogens is 258 g/mol. The number of nitrogens with one attached hydrogen (secondary N) is 1. The number of phenols is 1. The lowest BCUT2D eigenvalue weighted by molar-refractivity contribution is 0.475. The molecule has 2 rings (SSSR count). The molecule has 98 valence electrons. The number of phenolic OH excluding ortho intramolecular Hbond substituents is 1. The number of aromatic nitrogens is 1. The maximum atomic E-state index is 9.18. The Morgan fingerprint density at radius 3 is 2.53 bits per heavy atom. The van der Waals surface area contributed by atoms with E-state index in [0.717, 1.165) is 29.9 Å². The molecule has 4 N–H and O–H groups in total. The summed E-state index contributed by atoms with van der Waals surface area (Å²) in [5.74, 6) is 1.07. The standard InChI is InChI=1S/C14H15N3OS/c15-14(19)11-3-6-13(17-9-11)16-8-7-10-1-4-12(18)5-2-10/h1-6,9,18H,7-8H2,(H2,15,19)(H,16,17). The summed E-state index contributed by atoms with van der Waals surface area (Å²) in [4.78, 5) is 4.58. The summed E-state index contributed by atoms with van der Waals surface area (Å²) in [7, 11) is 0. The van der Waals surface area contributed by atoms with E-state index in [1.54, 1.807) is 18.3 Å². The van der Waals surface area contributed by atoms with E-state index in [1.165, 1.54) is 0 Å². The highest BCUT2D eigenvalue weighted by molar-refractivity contribution is 7.80. The first-order chi connectivity index (χ1) is 9.15. The Balaban J connectivity index is 1.85. The second-order valence-corrected chi connectivity index (χ2v) is 4.58. The number of rotatable bonds is 5. The van der Waals surface area contributed by atoms with Crippen molar-refractivity contribution in [2.24, 2.45) is 5.73 Å². The number of nitrogens with zero attached hydrogens (tertiary/aromatic N) is 1. The summed E-state index contributed by atoms with van der Waals surface area (Å²) in [6.45, 7) is 0.768. The lowest BCUT2D eigenvalue weighted by Gasteiger charge is -2.06. The van der Waals surface area contributed by atoms with Crippen LogP contribution in [-0.2, 0) is 6.42 Å². The Hall–Kier alpha value is -2.14. The quantitative estimate of drug-likeness (QED) is 0.728. The third-order valence-electron chi connectivity index (χ3n) is 2.70. The summed E-state index contributed by atoms with van der Waals surface area (Å²) in [6, 6.07) is 10.9. The van der Waals surface area contributed by atoms with Crippen molar-refractivity contribution in [3.05, 3.63) is 53.7 Å². The molecule has 1 aromatic carbocycles. The van der Waals surface area contributed by atoms with Crippen molar-refractivity contribution < 1.29 is 5.11 Å². The SMILES string of the molecule is NC(=S)c1ccc(NCCc2ccc(O)cc2)nc1. The lowest BCUT2D eigenvalue weighted by atomic mass is 10.1. The molecule has 1 heterocycles. The Morgan fingerprint density at radius 2 is 1.95 bits per heavy atom. The number of thiocarbonyl (C=S) groups is 1. The van der Waals surface area contributed by atoms with Gasteiger partial charge in [0.05, 0.1) is 0 Å². The van der Waals surface area contributed by atoms with Gasteiger partial charge in [-0.1, -0.05) is 24.4 Å². The zero-order chi connectivity index (χ0) is 13.7. The summed E-state index contributed by atoms with van der Waals surface area (Å²) in [6.07, 6.45) is 2.52. The maximum absolute atomic E-state index is 9.18. The van der Waals surface area contributed by atoms with Crippen LogP contribution in [-0.4, -0.2) is 21.6 Å². The average molecular weight is 273 g/mol. The number of pyridine rings is 1. The van der Waals surface area contributed by atoms with Crippen molar-refractivity contribution >= 4 is 23.0 Å². The van der Waals surface area contributed by atoms with Gasteiger partial charge >= 0.3 is 0 Å². The average Bonchev–Trinajstić information content (AvgIpc) is 2.41. The van der Waals surface area contributed by atoms with E-state index in [-0.39, 0.29) is 5.75 Å². The van der Waals surface area contributed by atoms with Crippen molar-refractivity contribution in [2.45, 2.75) is 6.42 Å². The van der Waals surface area contributed by atoms with Crippen molar-refractivity contribution in [3.63, 3.8) is 0 Å². The smallest absolute Gasteiger partial charge is 0.125 e. The number of aromatic hydroxyl groups is 1. The van der Waals surface area contributed by atoms with E-state index < -0.39 is 0 Å². The minimum absolute atomic E-state index is 0.284. The molecule has 0 radical (unpaired) electrons. The Bertz CT molecular complexity index is 552. The minimum atomic E-state index is 0.284. The van der Waals surface area contributed by atoms with E-state index in [9.17, 15) is 5.11 Å². The van der Waals surface area contributed by atoms with Crippen LogP contribution in [0.2, 0.25) is 0 Å². The largest absolute Gasteiger partial charge is 0.508 e. The fourth-order valence-electron chi connectivity index (χ4n) is 1.64. The molecular formula is C14H15N3OS. The molecule has 0 unspecified atom stereocenters. The predicted octanol–water partition coefficient (Wildman–Crippen LogP) is 2.08. The summed E-state index contributed by atoms with van der Waals surface area (Å²) in [5, 5.41) is 12.4. The van der Waals surface area contributed by atoms with Crippen LogP contribution in [0.5, 0.6) is 5.75 Å². The summed E-state index contributed by atoms with van der Waals surface area (Å²) >= 11 is 4.86. The first-order valence-electron chi connectivity index (χ1n) is 5.93. The molecule has 1 aromatic heterocycles. The number of nitrogens with two attached hydrogens (primary N) is 1. The number of anilines is 1. The molecule has 0 spiro atoms. The van der Waals surface area contributed by atoms with Crippen LogP contribution in [0.15, 0.2) is 42.6 Å². The van der Waals surface area contributed by atoms with E-state index >= 15 is 0 Å². The van der Waals surface area contributed by atoms with Gasteiger partial charge in [0.15, 0.2) is 0 Å². The normalized spacial score (nSPS) is 10.1. The molecule has 0 fully saturated rings. The Labute approximate surface area is 117 Å².